The molecular weight excluding hydrogens is 276 g/mol. The summed E-state index contributed by atoms with van der Waals surface area (Å²) in [5.41, 5.74) is 1.86. The lowest BCUT2D eigenvalue weighted by molar-refractivity contribution is 0.807. The average Bonchev–Trinajstić information content (AvgIpc) is 3.05. The molecule has 0 bridgehead atoms. The SMILES string of the molecule is N#Cc1ccc(CCNc2ccn(-c3ncccn3)n2)cc1. The number of nitrogens with one attached hydrogen (secondary N) is 1. The van der Waals surface area contributed by atoms with Gasteiger partial charge in [0.2, 0.25) is 5.95 Å². The normalized spacial score (nSPS) is 10.1. The molecule has 0 aliphatic rings. The highest BCUT2D eigenvalue weighted by Crippen LogP contribution is 2.07. The first-order valence-electron chi connectivity index (χ1n) is 6.91. The van der Waals surface area contributed by atoms with Crippen LogP contribution in [-0.2, 0) is 6.42 Å². The van der Waals surface area contributed by atoms with E-state index in [0.717, 1.165) is 18.8 Å². The van der Waals surface area contributed by atoms with E-state index in [4.69, 9.17) is 5.26 Å². The van der Waals surface area contributed by atoms with E-state index in [-0.39, 0.29) is 0 Å². The fraction of sp³-hybridized carbons (Fsp3) is 0.125. The average molecular weight is 290 g/mol. The number of aromatic nitrogens is 4. The summed E-state index contributed by atoms with van der Waals surface area (Å²) in [6.45, 7) is 0.762. The standard InChI is InChI=1S/C16H14N6/c17-12-14-4-2-13(3-5-14)6-10-18-15-7-11-22(21-15)16-19-8-1-9-20-16/h1-5,7-9,11H,6,10H2,(H,18,21). The highest BCUT2D eigenvalue weighted by molar-refractivity contribution is 5.35. The summed E-state index contributed by atoms with van der Waals surface area (Å²) >= 11 is 0. The van der Waals surface area contributed by atoms with Gasteiger partial charge in [0.05, 0.1) is 11.6 Å². The molecule has 22 heavy (non-hydrogen) atoms. The molecular formula is C16H14N6. The van der Waals surface area contributed by atoms with E-state index < -0.39 is 0 Å². The van der Waals surface area contributed by atoms with Gasteiger partial charge in [0, 0.05) is 31.2 Å². The molecule has 108 valence electrons. The van der Waals surface area contributed by atoms with Gasteiger partial charge in [-0.25, -0.2) is 14.6 Å². The van der Waals surface area contributed by atoms with E-state index in [9.17, 15) is 0 Å². The highest BCUT2D eigenvalue weighted by atomic mass is 15.4. The number of nitriles is 1. The van der Waals surface area contributed by atoms with Gasteiger partial charge >= 0.3 is 0 Å². The molecule has 2 aromatic heterocycles. The molecule has 0 atom stereocenters. The maximum Gasteiger partial charge on any atom is 0.250 e. The van der Waals surface area contributed by atoms with Crippen molar-refractivity contribution in [2.75, 3.05) is 11.9 Å². The minimum atomic E-state index is 0.544. The molecule has 0 saturated heterocycles. The Morgan fingerprint density at radius 1 is 1.09 bits per heavy atom. The van der Waals surface area contributed by atoms with Crippen LogP contribution in [0.1, 0.15) is 11.1 Å². The van der Waals surface area contributed by atoms with Gasteiger partial charge in [-0.15, -0.1) is 5.10 Å². The molecule has 0 saturated carbocycles. The van der Waals surface area contributed by atoms with Crippen LogP contribution in [0, 0.1) is 11.3 Å². The zero-order valence-electron chi connectivity index (χ0n) is 11.8. The summed E-state index contributed by atoms with van der Waals surface area (Å²) in [6, 6.07) is 13.4. The maximum atomic E-state index is 8.77. The summed E-state index contributed by atoms with van der Waals surface area (Å²) in [7, 11) is 0. The Morgan fingerprint density at radius 2 is 1.86 bits per heavy atom. The lowest BCUT2D eigenvalue weighted by atomic mass is 10.1. The Balaban J connectivity index is 1.56. The van der Waals surface area contributed by atoms with Crippen molar-refractivity contribution in [3.8, 4) is 12.0 Å². The van der Waals surface area contributed by atoms with Gasteiger partial charge in [-0.1, -0.05) is 12.1 Å². The van der Waals surface area contributed by atoms with Crippen molar-refractivity contribution >= 4 is 5.82 Å². The highest BCUT2D eigenvalue weighted by Gasteiger charge is 2.02. The van der Waals surface area contributed by atoms with Crippen LogP contribution in [-0.4, -0.2) is 26.3 Å². The van der Waals surface area contributed by atoms with Crippen LogP contribution in [0.3, 0.4) is 0 Å². The molecule has 1 N–H and O–H groups in total. The van der Waals surface area contributed by atoms with E-state index in [1.807, 2.05) is 36.5 Å². The Bertz CT molecular complexity index is 770. The number of anilines is 1. The van der Waals surface area contributed by atoms with E-state index in [1.54, 1.807) is 23.1 Å². The summed E-state index contributed by atoms with van der Waals surface area (Å²) < 4.78 is 1.63. The van der Waals surface area contributed by atoms with Gasteiger partial charge in [0.15, 0.2) is 0 Å². The topological polar surface area (TPSA) is 79.4 Å². The monoisotopic (exact) mass is 290 g/mol. The third kappa shape index (κ3) is 3.27. The Kier molecular flexibility index (Phi) is 4.07. The smallest absolute Gasteiger partial charge is 0.250 e. The third-order valence-corrected chi connectivity index (χ3v) is 3.15. The van der Waals surface area contributed by atoms with Crippen molar-refractivity contribution < 1.29 is 0 Å². The van der Waals surface area contributed by atoms with Crippen molar-refractivity contribution in [3.63, 3.8) is 0 Å². The van der Waals surface area contributed by atoms with Gasteiger partial charge in [0.1, 0.15) is 5.82 Å². The van der Waals surface area contributed by atoms with Gasteiger partial charge < -0.3 is 5.32 Å². The van der Waals surface area contributed by atoms with Crippen LogP contribution in [0.15, 0.2) is 55.0 Å². The molecule has 0 aliphatic heterocycles. The molecule has 0 aliphatic carbocycles. The fourth-order valence-electron chi connectivity index (χ4n) is 2.02. The number of nitrogens with zero attached hydrogens (tertiary/aromatic N) is 5. The summed E-state index contributed by atoms with van der Waals surface area (Å²) in [5.74, 6) is 1.32. The molecule has 0 radical (unpaired) electrons. The molecule has 0 unspecified atom stereocenters. The van der Waals surface area contributed by atoms with Crippen LogP contribution >= 0.6 is 0 Å². The third-order valence-electron chi connectivity index (χ3n) is 3.15. The molecule has 1 aromatic carbocycles. The maximum absolute atomic E-state index is 8.77. The van der Waals surface area contributed by atoms with E-state index >= 15 is 0 Å². The van der Waals surface area contributed by atoms with Crippen molar-refractivity contribution in [1.29, 1.82) is 5.26 Å². The van der Waals surface area contributed by atoms with Crippen LogP contribution < -0.4 is 5.32 Å². The number of benzene rings is 1. The second kappa shape index (κ2) is 6.50. The Morgan fingerprint density at radius 3 is 2.59 bits per heavy atom. The zero-order valence-corrected chi connectivity index (χ0v) is 11.8. The molecule has 6 heteroatoms. The largest absolute Gasteiger partial charge is 0.368 e. The van der Waals surface area contributed by atoms with Gasteiger partial charge in [-0.2, -0.15) is 5.26 Å². The summed E-state index contributed by atoms with van der Waals surface area (Å²) in [4.78, 5) is 8.28. The summed E-state index contributed by atoms with van der Waals surface area (Å²) in [5, 5.41) is 16.4. The molecule has 6 nitrogen and oxygen atoms in total. The van der Waals surface area contributed by atoms with E-state index in [1.165, 1.54) is 5.56 Å². The van der Waals surface area contributed by atoms with E-state index in [0.29, 0.717) is 11.5 Å². The minimum Gasteiger partial charge on any atom is -0.368 e. The Labute approximate surface area is 128 Å². The Hall–Kier alpha value is -3.20. The lowest BCUT2D eigenvalue weighted by Gasteiger charge is -2.03. The summed E-state index contributed by atoms with van der Waals surface area (Å²) in [6.07, 6.45) is 6.05. The molecule has 2 heterocycles. The minimum absolute atomic E-state index is 0.544. The second-order valence-electron chi connectivity index (χ2n) is 4.68. The fourth-order valence-corrected chi connectivity index (χ4v) is 2.02. The molecule has 0 amide bonds. The number of hydrogen-bond donors (Lipinski definition) is 1. The van der Waals surface area contributed by atoms with Crippen LogP contribution in [0.5, 0.6) is 0 Å². The zero-order chi connectivity index (χ0) is 15.2. The molecule has 0 spiro atoms. The van der Waals surface area contributed by atoms with Crippen molar-refractivity contribution in [1.82, 2.24) is 19.7 Å². The first-order valence-corrected chi connectivity index (χ1v) is 6.91. The van der Waals surface area contributed by atoms with Crippen molar-refractivity contribution in [2.24, 2.45) is 0 Å². The van der Waals surface area contributed by atoms with Crippen molar-refractivity contribution in [2.45, 2.75) is 6.42 Å². The predicted molar refractivity (Wildman–Crippen MR) is 82.5 cm³/mol. The van der Waals surface area contributed by atoms with E-state index in [2.05, 4.69) is 26.5 Å². The lowest BCUT2D eigenvalue weighted by Crippen LogP contribution is -2.07. The quantitative estimate of drug-likeness (QED) is 0.779. The first-order chi connectivity index (χ1) is 10.8. The van der Waals surface area contributed by atoms with Gasteiger partial charge in [0.25, 0.3) is 0 Å². The van der Waals surface area contributed by atoms with Gasteiger partial charge in [-0.05, 0) is 30.2 Å². The van der Waals surface area contributed by atoms with Crippen LogP contribution in [0.2, 0.25) is 0 Å². The molecule has 3 aromatic rings. The van der Waals surface area contributed by atoms with Gasteiger partial charge in [-0.3, -0.25) is 0 Å². The predicted octanol–water partition coefficient (Wildman–Crippen LogP) is 2.19. The van der Waals surface area contributed by atoms with Crippen LogP contribution in [0.25, 0.3) is 5.95 Å². The van der Waals surface area contributed by atoms with Crippen molar-refractivity contribution in [3.05, 3.63) is 66.1 Å². The number of hydrogen-bond acceptors (Lipinski definition) is 5. The molecule has 3 rings (SSSR count). The second-order valence-corrected chi connectivity index (χ2v) is 4.68. The first kappa shape index (κ1) is 13.8. The van der Waals surface area contributed by atoms with Crippen LogP contribution in [0.4, 0.5) is 5.82 Å². The molecule has 0 fully saturated rings. The number of rotatable bonds is 5.